The number of nitrogens with zero attached hydrogens (tertiary/aromatic N) is 1. The number of thioether (sulfide) groups is 1. The van der Waals surface area contributed by atoms with Crippen molar-refractivity contribution >= 4 is 29.4 Å². The summed E-state index contributed by atoms with van der Waals surface area (Å²) in [5.41, 5.74) is 3.14. The van der Waals surface area contributed by atoms with Gasteiger partial charge < -0.3 is 0 Å². The molecule has 0 saturated heterocycles. The van der Waals surface area contributed by atoms with Gasteiger partial charge in [0.15, 0.2) is 5.69 Å². The first-order valence-electron chi connectivity index (χ1n) is 9.79. The SMILES string of the molecule is Cc1cccc2c1[N+](C1CCCCC1)(C1CCCCC1)C(SN)S2. The van der Waals surface area contributed by atoms with Gasteiger partial charge in [0, 0.05) is 5.56 Å². The third-order valence-corrected chi connectivity index (χ3v) is 8.98. The van der Waals surface area contributed by atoms with Gasteiger partial charge in [-0.15, -0.1) is 0 Å². The highest BCUT2D eigenvalue weighted by Crippen LogP contribution is 2.58. The topological polar surface area (TPSA) is 26.0 Å². The van der Waals surface area contributed by atoms with Crippen LogP contribution in [-0.2, 0) is 0 Å². The van der Waals surface area contributed by atoms with E-state index >= 15 is 0 Å². The Morgan fingerprint density at radius 3 is 2.08 bits per heavy atom. The van der Waals surface area contributed by atoms with Crippen LogP contribution in [0.3, 0.4) is 0 Å². The molecule has 0 amide bonds. The fourth-order valence-corrected chi connectivity index (χ4v) is 8.29. The van der Waals surface area contributed by atoms with E-state index < -0.39 is 0 Å². The Hall–Kier alpha value is -0.160. The molecule has 1 atom stereocenters. The molecule has 0 aromatic heterocycles. The highest BCUT2D eigenvalue weighted by atomic mass is 32.2. The number of rotatable bonds is 3. The second-order valence-corrected chi connectivity index (χ2v) is 10.0. The molecule has 2 aliphatic carbocycles. The summed E-state index contributed by atoms with van der Waals surface area (Å²) in [4.78, 5) is 1.51. The minimum atomic E-state index is 0.451. The van der Waals surface area contributed by atoms with Crippen LogP contribution < -0.4 is 9.62 Å². The monoisotopic (exact) mass is 363 g/mol. The molecule has 132 valence electrons. The van der Waals surface area contributed by atoms with E-state index in [1.54, 1.807) is 17.6 Å². The average Bonchev–Trinajstić information content (AvgIpc) is 3.00. The molecule has 24 heavy (non-hydrogen) atoms. The van der Waals surface area contributed by atoms with E-state index in [0.717, 1.165) is 12.1 Å². The van der Waals surface area contributed by atoms with Gasteiger partial charge in [-0.05, 0) is 88.1 Å². The van der Waals surface area contributed by atoms with E-state index in [0.29, 0.717) is 4.71 Å². The van der Waals surface area contributed by atoms with E-state index in [9.17, 15) is 0 Å². The lowest BCUT2D eigenvalue weighted by molar-refractivity contribution is 0.0992. The van der Waals surface area contributed by atoms with Crippen molar-refractivity contribution in [2.75, 3.05) is 0 Å². The molecular weight excluding hydrogens is 332 g/mol. The van der Waals surface area contributed by atoms with E-state index in [1.807, 2.05) is 0 Å². The van der Waals surface area contributed by atoms with Gasteiger partial charge in [0.2, 0.25) is 4.71 Å². The lowest BCUT2D eigenvalue weighted by atomic mass is 9.85. The van der Waals surface area contributed by atoms with Crippen molar-refractivity contribution in [2.24, 2.45) is 5.14 Å². The molecule has 2 saturated carbocycles. The largest absolute Gasteiger partial charge is 0.272 e. The summed E-state index contributed by atoms with van der Waals surface area (Å²) in [5, 5.41) is 6.33. The van der Waals surface area contributed by atoms with Gasteiger partial charge in [0.05, 0.1) is 17.0 Å². The highest BCUT2D eigenvalue weighted by molar-refractivity contribution is 8.16. The van der Waals surface area contributed by atoms with E-state index in [1.165, 1.54) is 79.2 Å². The third kappa shape index (κ3) is 2.65. The Morgan fingerprint density at radius 1 is 0.958 bits per heavy atom. The molecule has 0 spiro atoms. The highest BCUT2D eigenvalue weighted by Gasteiger charge is 2.57. The lowest BCUT2D eigenvalue weighted by Crippen LogP contribution is -2.66. The van der Waals surface area contributed by atoms with Gasteiger partial charge in [-0.1, -0.05) is 25.0 Å². The van der Waals surface area contributed by atoms with Crippen LogP contribution in [0, 0.1) is 6.92 Å². The normalized spacial score (nSPS) is 28.0. The van der Waals surface area contributed by atoms with Gasteiger partial charge in [-0.2, -0.15) is 0 Å². The zero-order valence-corrected chi connectivity index (χ0v) is 16.5. The zero-order chi connectivity index (χ0) is 16.6. The van der Waals surface area contributed by atoms with Crippen LogP contribution in [0.4, 0.5) is 5.69 Å². The molecule has 0 radical (unpaired) electrons. The minimum absolute atomic E-state index is 0.451. The maximum atomic E-state index is 6.33. The van der Waals surface area contributed by atoms with Crippen LogP contribution in [0.5, 0.6) is 0 Å². The van der Waals surface area contributed by atoms with Crippen molar-refractivity contribution in [3.8, 4) is 0 Å². The molecule has 1 aliphatic heterocycles. The maximum absolute atomic E-state index is 6.33. The summed E-state index contributed by atoms with van der Waals surface area (Å²) in [5.74, 6) is 0. The molecule has 4 heteroatoms. The van der Waals surface area contributed by atoms with E-state index in [4.69, 9.17) is 5.14 Å². The summed E-state index contributed by atoms with van der Waals surface area (Å²) in [7, 11) is 0. The number of fused-ring (bicyclic) bond motifs is 1. The summed E-state index contributed by atoms with van der Waals surface area (Å²) in [6, 6.07) is 8.47. The fraction of sp³-hybridized carbons (Fsp3) is 0.700. The first-order chi connectivity index (χ1) is 11.8. The van der Waals surface area contributed by atoms with Crippen molar-refractivity contribution in [2.45, 2.75) is 92.8 Å². The van der Waals surface area contributed by atoms with Crippen molar-refractivity contribution in [3.05, 3.63) is 23.8 Å². The molecule has 3 aliphatic rings. The van der Waals surface area contributed by atoms with Crippen LogP contribution in [0.1, 0.15) is 69.8 Å². The van der Waals surface area contributed by atoms with Crippen LogP contribution in [0.15, 0.2) is 23.1 Å². The number of para-hydroxylation sites is 1. The molecule has 2 fully saturated rings. The van der Waals surface area contributed by atoms with Crippen LogP contribution in [-0.4, -0.2) is 16.8 Å². The standard InChI is InChI=1S/C20H31N2S2/c1-15-9-8-14-18-19(15)22(20(23-18)24-21,16-10-4-2-5-11-16)17-12-6-3-7-13-17/h8-9,14,16-17,20H,2-7,10-13,21H2,1H3/q+1. The lowest BCUT2D eigenvalue weighted by Gasteiger charge is -2.52. The predicted octanol–water partition coefficient (Wildman–Crippen LogP) is 5.96. The molecule has 4 rings (SSSR count). The number of hydrogen-bond acceptors (Lipinski definition) is 3. The first kappa shape index (κ1) is 17.3. The number of aryl methyl sites for hydroxylation is 1. The molecule has 2 N–H and O–H groups in total. The van der Waals surface area contributed by atoms with E-state index in [-0.39, 0.29) is 0 Å². The summed E-state index contributed by atoms with van der Waals surface area (Å²) < 4.78 is 1.65. The van der Waals surface area contributed by atoms with Crippen LogP contribution in [0.25, 0.3) is 0 Å². The van der Waals surface area contributed by atoms with Gasteiger partial charge in [-0.3, -0.25) is 9.62 Å². The second-order valence-electron chi connectivity index (χ2n) is 7.90. The number of benzene rings is 1. The summed E-state index contributed by atoms with van der Waals surface area (Å²) in [6.45, 7) is 2.33. The van der Waals surface area contributed by atoms with Crippen LogP contribution >= 0.6 is 23.7 Å². The van der Waals surface area contributed by atoms with Gasteiger partial charge in [-0.25, -0.2) is 0 Å². The summed E-state index contributed by atoms with van der Waals surface area (Å²) >= 11 is 3.68. The Morgan fingerprint density at radius 2 is 1.54 bits per heavy atom. The average molecular weight is 364 g/mol. The second kappa shape index (κ2) is 7.22. The van der Waals surface area contributed by atoms with Crippen molar-refractivity contribution in [1.29, 1.82) is 0 Å². The Bertz CT molecular complexity index is 559. The molecule has 0 bridgehead atoms. The van der Waals surface area contributed by atoms with Crippen molar-refractivity contribution < 1.29 is 0 Å². The smallest absolute Gasteiger partial charge is 0.206 e. The van der Waals surface area contributed by atoms with E-state index in [2.05, 4.69) is 36.9 Å². The Labute approximate surface area is 155 Å². The van der Waals surface area contributed by atoms with Crippen molar-refractivity contribution in [3.63, 3.8) is 0 Å². The first-order valence-corrected chi connectivity index (χ1v) is 11.6. The van der Waals surface area contributed by atoms with Gasteiger partial charge in [0.1, 0.15) is 0 Å². The molecule has 1 aromatic carbocycles. The molecular formula is C20H31N2S2+. The van der Waals surface area contributed by atoms with Gasteiger partial charge >= 0.3 is 0 Å². The molecule has 1 heterocycles. The molecule has 1 aromatic rings. The zero-order valence-electron chi connectivity index (χ0n) is 14.9. The number of quaternary nitrogens is 1. The van der Waals surface area contributed by atoms with Gasteiger partial charge in [0.25, 0.3) is 0 Å². The van der Waals surface area contributed by atoms with Crippen molar-refractivity contribution in [1.82, 2.24) is 4.48 Å². The molecule has 2 nitrogen and oxygen atoms in total. The third-order valence-electron chi connectivity index (χ3n) is 6.64. The maximum Gasteiger partial charge on any atom is 0.206 e. The summed E-state index contributed by atoms with van der Waals surface area (Å²) in [6.07, 6.45) is 14.0. The Balaban J connectivity index is 1.87. The molecule has 1 unspecified atom stereocenters. The predicted molar refractivity (Wildman–Crippen MR) is 108 cm³/mol. The Kier molecular flexibility index (Phi) is 5.19. The quantitative estimate of drug-likeness (QED) is 0.530. The van der Waals surface area contributed by atoms with Crippen LogP contribution in [0.2, 0.25) is 0 Å². The number of hydrogen-bond donors (Lipinski definition) is 1. The fourth-order valence-electron chi connectivity index (χ4n) is 5.68. The minimum Gasteiger partial charge on any atom is -0.272 e. The number of nitrogens with two attached hydrogens (primary N) is 1.